The molecule has 3 N–H and O–H groups in total. The summed E-state index contributed by atoms with van der Waals surface area (Å²) in [5.74, 6) is 5.54. The predicted octanol–water partition coefficient (Wildman–Crippen LogP) is 2.62. The minimum atomic E-state index is -0.439. The number of nitrogens with two attached hydrogens (primary N) is 1. The van der Waals surface area contributed by atoms with E-state index in [1.807, 2.05) is 6.07 Å². The summed E-state index contributed by atoms with van der Waals surface area (Å²) >= 11 is 13.6. The Morgan fingerprint density at radius 2 is 2.26 bits per heavy atom. The van der Waals surface area contributed by atoms with Crippen LogP contribution in [0.15, 0.2) is 23.1 Å². The second kappa shape index (κ2) is 6.81. The molecule has 1 aliphatic heterocycles. The molecular weight excluding hydrogens is 307 g/mol. The van der Waals surface area contributed by atoms with Crippen LogP contribution in [0.2, 0.25) is 10.0 Å². The molecule has 0 saturated carbocycles. The molecule has 0 aliphatic carbocycles. The summed E-state index contributed by atoms with van der Waals surface area (Å²) in [4.78, 5) is 12.2. The highest BCUT2D eigenvalue weighted by Crippen LogP contribution is 2.32. The quantitative estimate of drug-likeness (QED) is 0.387. The van der Waals surface area contributed by atoms with Gasteiger partial charge in [-0.15, -0.1) is 11.8 Å². The Labute approximate surface area is 125 Å². The van der Waals surface area contributed by atoms with Gasteiger partial charge in [-0.2, -0.15) is 0 Å². The Balaban J connectivity index is 1.87. The highest BCUT2D eigenvalue weighted by atomic mass is 35.5. The molecule has 1 aromatic carbocycles. The van der Waals surface area contributed by atoms with E-state index in [0.717, 1.165) is 17.1 Å². The third-order valence-electron chi connectivity index (χ3n) is 2.86. The second-order valence-electron chi connectivity index (χ2n) is 4.22. The van der Waals surface area contributed by atoms with Crippen LogP contribution in [0.25, 0.3) is 0 Å². The van der Waals surface area contributed by atoms with Crippen LogP contribution < -0.4 is 11.3 Å². The van der Waals surface area contributed by atoms with E-state index < -0.39 is 6.10 Å². The summed E-state index contributed by atoms with van der Waals surface area (Å²) in [6, 6.07) is 5.35. The van der Waals surface area contributed by atoms with Crippen molar-refractivity contribution in [1.29, 1.82) is 0 Å². The number of thioether (sulfide) groups is 1. The Kier molecular flexibility index (Phi) is 5.36. The van der Waals surface area contributed by atoms with E-state index in [4.69, 9.17) is 33.8 Å². The van der Waals surface area contributed by atoms with Gasteiger partial charge in [-0.3, -0.25) is 10.2 Å². The number of ether oxygens (including phenoxy) is 1. The summed E-state index contributed by atoms with van der Waals surface area (Å²) < 4.78 is 5.62. The van der Waals surface area contributed by atoms with Crippen molar-refractivity contribution in [2.45, 2.75) is 29.9 Å². The van der Waals surface area contributed by atoms with Crippen LogP contribution in [0.3, 0.4) is 0 Å². The minimum absolute atomic E-state index is 0.0300. The van der Waals surface area contributed by atoms with Crippen molar-refractivity contribution in [1.82, 2.24) is 5.43 Å². The lowest BCUT2D eigenvalue weighted by Gasteiger charge is -2.12. The number of rotatable bonds is 4. The van der Waals surface area contributed by atoms with Crippen LogP contribution in [0, 0.1) is 0 Å². The molecule has 4 nitrogen and oxygen atoms in total. The first kappa shape index (κ1) is 14.9. The van der Waals surface area contributed by atoms with Gasteiger partial charge in [-0.1, -0.05) is 23.2 Å². The molecule has 1 amide bonds. The maximum absolute atomic E-state index is 11.3. The lowest BCUT2D eigenvalue weighted by Crippen LogP contribution is -2.39. The molecule has 0 aromatic heterocycles. The van der Waals surface area contributed by atoms with Crippen molar-refractivity contribution in [3.63, 3.8) is 0 Å². The van der Waals surface area contributed by atoms with Gasteiger partial charge < -0.3 is 4.74 Å². The smallest absolute Gasteiger partial charge is 0.263 e. The molecular formula is C12H14Cl2N2O2S. The van der Waals surface area contributed by atoms with Crippen molar-refractivity contribution in [2.75, 3.05) is 5.75 Å². The number of benzene rings is 1. The van der Waals surface area contributed by atoms with Crippen molar-refractivity contribution in [3.05, 3.63) is 28.2 Å². The molecule has 2 unspecified atom stereocenters. The number of halogens is 2. The molecule has 2 rings (SSSR count). The number of amides is 1. The number of hydrazine groups is 1. The molecule has 1 heterocycles. The lowest BCUT2D eigenvalue weighted by molar-refractivity contribution is -0.131. The third-order valence-corrected chi connectivity index (χ3v) is 4.72. The summed E-state index contributed by atoms with van der Waals surface area (Å²) in [6.45, 7) is 0. The molecule has 19 heavy (non-hydrogen) atoms. The third kappa shape index (κ3) is 4.00. The zero-order chi connectivity index (χ0) is 13.8. The van der Waals surface area contributed by atoms with Crippen LogP contribution >= 0.6 is 35.0 Å². The SMILES string of the molecule is NNC(=O)C1CCC(CSc2cc(Cl)ccc2Cl)O1. The highest BCUT2D eigenvalue weighted by molar-refractivity contribution is 7.99. The molecule has 0 bridgehead atoms. The van der Waals surface area contributed by atoms with Crippen molar-refractivity contribution < 1.29 is 9.53 Å². The Morgan fingerprint density at radius 3 is 3.00 bits per heavy atom. The van der Waals surface area contributed by atoms with Gasteiger partial charge in [0.1, 0.15) is 6.10 Å². The summed E-state index contributed by atoms with van der Waals surface area (Å²) in [5.41, 5.74) is 2.11. The van der Waals surface area contributed by atoms with Gasteiger partial charge in [0.05, 0.1) is 11.1 Å². The fraction of sp³-hybridized carbons (Fsp3) is 0.417. The van der Waals surface area contributed by atoms with Crippen molar-refractivity contribution in [3.8, 4) is 0 Å². The average molecular weight is 321 g/mol. The molecule has 1 aromatic rings. The predicted molar refractivity (Wildman–Crippen MR) is 77.4 cm³/mol. The molecule has 0 spiro atoms. The average Bonchev–Trinajstić information content (AvgIpc) is 2.88. The van der Waals surface area contributed by atoms with E-state index >= 15 is 0 Å². The van der Waals surface area contributed by atoms with E-state index in [1.54, 1.807) is 23.9 Å². The van der Waals surface area contributed by atoms with Crippen molar-refractivity contribution >= 4 is 40.9 Å². The van der Waals surface area contributed by atoms with Crippen LogP contribution in [0.4, 0.5) is 0 Å². The van der Waals surface area contributed by atoms with Gasteiger partial charge in [0, 0.05) is 15.7 Å². The molecule has 1 aliphatic rings. The Morgan fingerprint density at radius 1 is 1.47 bits per heavy atom. The Hall–Kier alpha value is -0.460. The zero-order valence-electron chi connectivity index (χ0n) is 10.1. The molecule has 0 radical (unpaired) electrons. The second-order valence-corrected chi connectivity index (χ2v) is 6.12. The maximum atomic E-state index is 11.3. The van der Waals surface area contributed by atoms with Gasteiger partial charge >= 0.3 is 0 Å². The van der Waals surface area contributed by atoms with Crippen LogP contribution in [-0.4, -0.2) is 23.9 Å². The lowest BCUT2D eigenvalue weighted by atomic mass is 10.2. The van der Waals surface area contributed by atoms with E-state index in [0.29, 0.717) is 16.5 Å². The molecule has 1 fully saturated rings. The normalized spacial score (nSPS) is 22.5. The fourth-order valence-electron chi connectivity index (χ4n) is 1.88. The molecule has 104 valence electrons. The van der Waals surface area contributed by atoms with E-state index in [1.165, 1.54) is 0 Å². The fourth-order valence-corrected chi connectivity index (χ4v) is 3.43. The molecule has 2 atom stereocenters. The number of carbonyl (C=O) groups excluding carboxylic acids is 1. The largest absolute Gasteiger partial charge is 0.364 e. The first-order valence-electron chi connectivity index (χ1n) is 5.84. The standard InChI is InChI=1S/C12H14Cl2N2O2S/c13-7-1-3-9(14)11(5-7)19-6-8-2-4-10(18-8)12(17)16-15/h1,3,5,8,10H,2,4,6,15H2,(H,16,17). The topological polar surface area (TPSA) is 64.3 Å². The molecule has 1 saturated heterocycles. The Bertz CT molecular complexity index is 473. The monoisotopic (exact) mass is 320 g/mol. The number of hydrogen-bond acceptors (Lipinski definition) is 4. The summed E-state index contributed by atoms with van der Waals surface area (Å²) in [5, 5.41) is 1.32. The minimum Gasteiger partial charge on any atom is -0.364 e. The first-order valence-corrected chi connectivity index (χ1v) is 7.58. The van der Waals surface area contributed by atoms with Gasteiger partial charge in [0.15, 0.2) is 0 Å². The van der Waals surface area contributed by atoms with Gasteiger partial charge in [0.2, 0.25) is 0 Å². The van der Waals surface area contributed by atoms with Gasteiger partial charge in [0.25, 0.3) is 5.91 Å². The van der Waals surface area contributed by atoms with E-state index in [-0.39, 0.29) is 12.0 Å². The number of carbonyl (C=O) groups is 1. The van der Waals surface area contributed by atoms with Crippen LogP contribution in [0.1, 0.15) is 12.8 Å². The first-order chi connectivity index (χ1) is 9.10. The highest BCUT2D eigenvalue weighted by Gasteiger charge is 2.30. The zero-order valence-corrected chi connectivity index (χ0v) is 12.4. The number of hydrogen-bond donors (Lipinski definition) is 2. The van der Waals surface area contributed by atoms with E-state index in [2.05, 4.69) is 5.43 Å². The summed E-state index contributed by atoms with van der Waals surface area (Å²) in [7, 11) is 0. The summed E-state index contributed by atoms with van der Waals surface area (Å²) in [6.07, 6.45) is 1.12. The van der Waals surface area contributed by atoms with Crippen LogP contribution in [-0.2, 0) is 9.53 Å². The number of nitrogens with one attached hydrogen (secondary N) is 1. The van der Waals surface area contributed by atoms with Crippen molar-refractivity contribution in [2.24, 2.45) is 5.84 Å². The van der Waals surface area contributed by atoms with E-state index in [9.17, 15) is 4.79 Å². The van der Waals surface area contributed by atoms with Gasteiger partial charge in [-0.25, -0.2) is 5.84 Å². The van der Waals surface area contributed by atoms with Gasteiger partial charge in [-0.05, 0) is 31.0 Å². The van der Waals surface area contributed by atoms with Crippen LogP contribution in [0.5, 0.6) is 0 Å². The molecule has 7 heteroatoms. The maximum Gasteiger partial charge on any atom is 0.263 e.